The molecule has 2 N–H and O–H groups in total. The van der Waals surface area contributed by atoms with Gasteiger partial charge in [-0.05, 0) is 17.0 Å². The monoisotopic (exact) mass is 384 g/mol. The fourth-order valence-corrected chi connectivity index (χ4v) is 3.91. The Labute approximate surface area is 145 Å². The molecule has 1 heterocycles. The van der Waals surface area contributed by atoms with Crippen molar-refractivity contribution in [3.63, 3.8) is 0 Å². The number of nitrogens with zero attached hydrogens (tertiary/aromatic N) is 2. The van der Waals surface area contributed by atoms with Crippen LogP contribution in [0.4, 0.5) is 0 Å². The van der Waals surface area contributed by atoms with Crippen molar-refractivity contribution in [3.8, 4) is 5.88 Å². The molecule has 0 aliphatic heterocycles. The molecule has 26 heavy (non-hydrogen) atoms. The smallest absolute Gasteiger partial charge is 0.415 e. The van der Waals surface area contributed by atoms with Gasteiger partial charge in [-0.2, -0.15) is 0 Å². The van der Waals surface area contributed by atoms with Gasteiger partial charge in [-0.25, -0.2) is 8.42 Å². The van der Waals surface area contributed by atoms with Crippen LogP contribution in [0.5, 0.6) is 5.88 Å². The van der Waals surface area contributed by atoms with Crippen LogP contribution in [0.1, 0.15) is 12.8 Å². The van der Waals surface area contributed by atoms with Crippen LogP contribution in [0.2, 0.25) is 0 Å². The number of hydrogen-bond acceptors (Lipinski definition) is 8. The number of benzene rings is 1. The molecule has 1 aromatic heterocycles. The SMILES string of the molecule is O=C(O)C1(C(=O)O)CC(Oc2no[n+]([O-])c2S(=O)(=O)c2ccccc2)C1. The molecule has 1 saturated carbocycles. The molecule has 1 fully saturated rings. The summed E-state index contributed by atoms with van der Waals surface area (Å²) in [5.74, 6) is -3.71. The first-order valence-corrected chi connectivity index (χ1v) is 8.70. The first-order valence-electron chi connectivity index (χ1n) is 7.22. The molecule has 0 atom stereocenters. The summed E-state index contributed by atoms with van der Waals surface area (Å²) in [6, 6.07) is 7.01. The summed E-state index contributed by atoms with van der Waals surface area (Å²) < 4.78 is 34.7. The Kier molecular flexibility index (Phi) is 4.06. The molecule has 11 nitrogen and oxygen atoms in total. The molecule has 138 valence electrons. The Balaban J connectivity index is 1.87. The second-order valence-electron chi connectivity index (χ2n) is 5.70. The fraction of sp³-hybridized carbons (Fsp3) is 0.286. The summed E-state index contributed by atoms with van der Waals surface area (Å²) in [6.07, 6.45) is -1.76. The second-order valence-corrected chi connectivity index (χ2v) is 7.56. The minimum absolute atomic E-state index is 0.198. The maximum Gasteiger partial charge on any atom is 0.415 e. The molecule has 12 heteroatoms. The van der Waals surface area contributed by atoms with Crippen LogP contribution in [0, 0.1) is 10.6 Å². The van der Waals surface area contributed by atoms with Crippen molar-refractivity contribution in [2.45, 2.75) is 28.9 Å². The normalized spacial score (nSPS) is 16.6. The van der Waals surface area contributed by atoms with Gasteiger partial charge in [-0.15, -0.1) is 0 Å². The highest BCUT2D eigenvalue weighted by Gasteiger charge is 2.59. The highest BCUT2D eigenvalue weighted by molar-refractivity contribution is 7.91. The van der Waals surface area contributed by atoms with E-state index in [2.05, 4.69) is 9.79 Å². The zero-order valence-electron chi connectivity index (χ0n) is 12.9. The molecule has 0 bridgehead atoms. The number of rotatable bonds is 6. The van der Waals surface area contributed by atoms with Gasteiger partial charge in [0.2, 0.25) is 0 Å². The second kappa shape index (κ2) is 5.98. The zero-order chi connectivity index (χ0) is 19.1. The third kappa shape index (κ3) is 2.63. The Morgan fingerprint density at radius 1 is 1.23 bits per heavy atom. The number of hydrogen-bond donors (Lipinski definition) is 2. The van der Waals surface area contributed by atoms with Crippen molar-refractivity contribution in [2.75, 3.05) is 0 Å². The summed E-state index contributed by atoms with van der Waals surface area (Å²) in [5.41, 5.74) is -2.01. The van der Waals surface area contributed by atoms with Gasteiger partial charge in [0.25, 0.3) is 9.84 Å². The maximum absolute atomic E-state index is 12.6. The average molecular weight is 384 g/mol. The predicted octanol–water partition coefficient (Wildman–Crippen LogP) is -0.162. The first kappa shape index (κ1) is 17.7. The summed E-state index contributed by atoms with van der Waals surface area (Å²) in [6.45, 7) is 0. The number of aromatic nitrogens is 2. The lowest BCUT2D eigenvalue weighted by Gasteiger charge is -2.39. The highest BCUT2D eigenvalue weighted by atomic mass is 32.2. The summed E-state index contributed by atoms with van der Waals surface area (Å²) in [5, 5.41) is 32.2. The number of carboxylic acids is 2. The third-order valence-electron chi connectivity index (χ3n) is 4.10. The van der Waals surface area contributed by atoms with E-state index in [1.165, 1.54) is 24.3 Å². The van der Waals surface area contributed by atoms with Crippen molar-refractivity contribution in [2.24, 2.45) is 5.41 Å². The van der Waals surface area contributed by atoms with E-state index in [1.807, 2.05) is 0 Å². The topological polar surface area (TPSA) is 171 Å². The Morgan fingerprint density at radius 2 is 1.81 bits per heavy atom. The van der Waals surface area contributed by atoms with E-state index in [0.29, 0.717) is 0 Å². The molecule has 1 aliphatic rings. The van der Waals surface area contributed by atoms with Gasteiger partial charge in [0.15, 0.2) is 5.41 Å². The summed E-state index contributed by atoms with van der Waals surface area (Å²) in [4.78, 5) is 21.7. The predicted molar refractivity (Wildman–Crippen MR) is 78.7 cm³/mol. The van der Waals surface area contributed by atoms with Crippen LogP contribution >= 0.6 is 0 Å². The Hall–Kier alpha value is -3.15. The molecular weight excluding hydrogens is 372 g/mol. The van der Waals surface area contributed by atoms with Crippen LogP contribution in [-0.4, -0.2) is 41.8 Å². The Morgan fingerprint density at radius 3 is 2.35 bits per heavy atom. The molecule has 0 radical (unpaired) electrons. The van der Waals surface area contributed by atoms with Crippen molar-refractivity contribution in [1.82, 2.24) is 5.16 Å². The van der Waals surface area contributed by atoms with E-state index in [-0.39, 0.29) is 9.80 Å². The van der Waals surface area contributed by atoms with Crippen molar-refractivity contribution >= 4 is 21.8 Å². The molecule has 0 spiro atoms. The van der Waals surface area contributed by atoms with E-state index in [9.17, 15) is 23.2 Å². The molecule has 0 unspecified atom stereocenters. The largest absolute Gasteiger partial charge is 0.480 e. The standard InChI is InChI=1S/C14H12N2O9S/c17-12(18)14(13(19)20)6-8(7-14)24-10-11(16(21)25-15-10)26(22,23)9-4-2-1-3-5-9/h1-5,8H,6-7H2,(H,17,18)(H,19,20). The lowest BCUT2D eigenvalue weighted by atomic mass is 9.66. The summed E-state index contributed by atoms with van der Waals surface area (Å²) in [7, 11) is -4.31. The Bertz CT molecular complexity index is 946. The average Bonchev–Trinajstić information content (AvgIpc) is 2.91. The van der Waals surface area contributed by atoms with Gasteiger partial charge in [0.1, 0.15) is 6.10 Å². The molecule has 0 amide bonds. The molecule has 1 aromatic carbocycles. The minimum Gasteiger partial charge on any atom is -0.480 e. The quantitative estimate of drug-likeness (QED) is 0.503. The summed E-state index contributed by atoms with van der Waals surface area (Å²) >= 11 is 0. The number of carbonyl (C=O) groups is 2. The number of sulfone groups is 1. The van der Waals surface area contributed by atoms with Crippen LogP contribution in [-0.2, 0) is 19.4 Å². The van der Waals surface area contributed by atoms with Crippen LogP contribution in [0.3, 0.4) is 0 Å². The minimum atomic E-state index is -4.31. The third-order valence-corrected chi connectivity index (χ3v) is 5.83. The van der Waals surface area contributed by atoms with Gasteiger partial charge in [-0.3, -0.25) is 14.2 Å². The molecule has 0 saturated heterocycles. The lowest BCUT2D eigenvalue weighted by Crippen LogP contribution is -2.54. The van der Waals surface area contributed by atoms with Crippen LogP contribution < -0.4 is 9.64 Å². The fourth-order valence-electron chi connectivity index (χ4n) is 2.62. The van der Waals surface area contributed by atoms with Crippen LogP contribution in [0.15, 0.2) is 44.9 Å². The van der Waals surface area contributed by atoms with E-state index < -0.39 is 57.0 Å². The molecule has 3 rings (SSSR count). The first-order chi connectivity index (χ1) is 12.2. The number of aliphatic carboxylic acids is 2. The molecule has 1 aliphatic carbocycles. The van der Waals surface area contributed by atoms with Crippen molar-refractivity contribution < 1.29 is 42.5 Å². The number of carboxylic acid groups (broad SMARTS) is 2. The van der Waals surface area contributed by atoms with E-state index in [1.54, 1.807) is 6.07 Å². The van der Waals surface area contributed by atoms with Gasteiger partial charge in [0.05, 0.1) is 10.1 Å². The van der Waals surface area contributed by atoms with Crippen molar-refractivity contribution in [3.05, 3.63) is 35.5 Å². The maximum atomic E-state index is 12.6. The molecule has 2 aromatic rings. The molecular formula is C14H12N2O9S. The van der Waals surface area contributed by atoms with Gasteiger partial charge in [0, 0.05) is 12.8 Å². The highest BCUT2D eigenvalue weighted by Crippen LogP contribution is 2.44. The van der Waals surface area contributed by atoms with Gasteiger partial charge in [-0.1, -0.05) is 18.2 Å². The lowest BCUT2D eigenvalue weighted by molar-refractivity contribution is -0.832. The van der Waals surface area contributed by atoms with Gasteiger partial charge >= 0.3 is 22.8 Å². The zero-order valence-corrected chi connectivity index (χ0v) is 13.7. The van der Waals surface area contributed by atoms with Crippen molar-refractivity contribution in [1.29, 1.82) is 0 Å². The van der Waals surface area contributed by atoms with E-state index >= 15 is 0 Å². The number of ether oxygens (including phenoxy) is 1. The van der Waals surface area contributed by atoms with Crippen LogP contribution in [0.25, 0.3) is 0 Å². The van der Waals surface area contributed by atoms with Gasteiger partial charge < -0.3 is 20.2 Å². The van der Waals surface area contributed by atoms with E-state index in [0.717, 1.165) is 0 Å². The van der Waals surface area contributed by atoms with E-state index in [4.69, 9.17) is 14.9 Å².